The lowest BCUT2D eigenvalue weighted by atomic mass is 10.1. The Morgan fingerprint density at radius 3 is 2.36 bits per heavy atom. The zero-order chi connectivity index (χ0) is 16.7. The summed E-state index contributed by atoms with van der Waals surface area (Å²) in [5, 5.41) is 8.45. The Hall–Kier alpha value is -0.880. The Kier molecular flexibility index (Phi) is 13.2. The summed E-state index contributed by atoms with van der Waals surface area (Å²) in [5.41, 5.74) is 0. The molecule has 0 spiro atoms. The number of allylic oxidation sites excluding steroid dienone is 1. The van der Waals surface area contributed by atoms with Gasteiger partial charge in [-0.3, -0.25) is 4.79 Å². The molecule has 5 nitrogen and oxygen atoms in total. The van der Waals surface area contributed by atoms with E-state index in [4.69, 9.17) is 5.11 Å². The van der Waals surface area contributed by atoms with Crippen LogP contribution in [-0.4, -0.2) is 31.8 Å². The van der Waals surface area contributed by atoms with E-state index in [0.29, 0.717) is 13.0 Å². The van der Waals surface area contributed by atoms with E-state index in [1.807, 2.05) is 6.08 Å². The Morgan fingerprint density at radius 1 is 1.00 bits per heavy atom. The van der Waals surface area contributed by atoms with Crippen molar-refractivity contribution in [2.24, 2.45) is 0 Å². The molecule has 0 heterocycles. The van der Waals surface area contributed by atoms with Gasteiger partial charge in [0.15, 0.2) is 0 Å². The number of carbonyl (C=O) groups is 1. The Morgan fingerprint density at radius 2 is 1.68 bits per heavy atom. The molecule has 0 saturated carbocycles. The van der Waals surface area contributed by atoms with Gasteiger partial charge in [-0.1, -0.05) is 51.2 Å². The molecule has 0 aromatic heterocycles. The van der Waals surface area contributed by atoms with E-state index < -0.39 is 16.0 Å². The van der Waals surface area contributed by atoms with Crippen LogP contribution in [0.2, 0.25) is 0 Å². The maximum absolute atomic E-state index is 11.7. The first kappa shape index (κ1) is 21.1. The van der Waals surface area contributed by atoms with Crippen molar-refractivity contribution in [3.05, 3.63) is 12.2 Å². The lowest BCUT2D eigenvalue weighted by Crippen LogP contribution is -2.27. The van der Waals surface area contributed by atoms with Gasteiger partial charge in [0.1, 0.15) is 0 Å². The normalized spacial score (nSPS) is 12.0. The number of carboxylic acids is 1. The number of carboxylic acid groups (broad SMARTS) is 1. The van der Waals surface area contributed by atoms with Crippen molar-refractivity contribution in [1.82, 2.24) is 4.72 Å². The highest BCUT2D eigenvalue weighted by Gasteiger charge is 2.08. The number of hydrogen-bond donors (Lipinski definition) is 2. The van der Waals surface area contributed by atoms with Crippen molar-refractivity contribution in [3.63, 3.8) is 0 Å². The molecule has 0 radical (unpaired) electrons. The summed E-state index contributed by atoms with van der Waals surface area (Å²) < 4.78 is 26.1. The van der Waals surface area contributed by atoms with Gasteiger partial charge in [0.05, 0.1) is 12.2 Å². The maximum atomic E-state index is 11.7. The summed E-state index contributed by atoms with van der Waals surface area (Å²) in [5.74, 6) is -0.612. The fourth-order valence-electron chi connectivity index (χ4n) is 2.06. The fraction of sp³-hybridized carbons (Fsp3) is 0.812. The van der Waals surface area contributed by atoms with E-state index in [-0.39, 0.29) is 12.2 Å². The summed E-state index contributed by atoms with van der Waals surface area (Å²) in [7, 11) is -3.11. The number of unbranched alkanes of at least 4 members (excludes halogenated alkanes) is 7. The van der Waals surface area contributed by atoms with Crippen molar-refractivity contribution >= 4 is 16.0 Å². The van der Waals surface area contributed by atoms with Crippen molar-refractivity contribution in [2.75, 3.05) is 12.3 Å². The average Bonchev–Trinajstić information content (AvgIpc) is 2.45. The molecule has 0 aliphatic carbocycles. The molecular formula is C16H31NO4S. The molecule has 130 valence electrons. The summed E-state index contributed by atoms with van der Waals surface area (Å²) in [6.45, 7) is 2.68. The molecule has 0 rings (SSSR count). The van der Waals surface area contributed by atoms with Crippen LogP contribution in [0, 0.1) is 0 Å². The molecule has 0 fully saturated rings. The minimum atomic E-state index is -3.11. The van der Waals surface area contributed by atoms with E-state index >= 15 is 0 Å². The van der Waals surface area contributed by atoms with E-state index in [9.17, 15) is 13.2 Å². The number of sulfonamides is 1. The third-order valence-electron chi connectivity index (χ3n) is 3.35. The molecule has 0 aromatic rings. The molecule has 2 N–H and O–H groups in total. The van der Waals surface area contributed by atoms with Gasteiger partial charge in [-0.05, 0) is 25.7 Å². The maximum Gasteiger partial charge on any atom is 0.307 e. The van der Waals surface area contributed by atoms with Crippen LogP contribution >= 0.6 is 0 Å². The van der Waals surface area contributed by atoms with Crippen LogP contribution in [0.4, 0.5) is 0 Å². The second kappa shape index (κ2) is 13.8. The summed E-state index contributed by atoms with van der Waals surface area (Å²) in [6.07, 6.45) is 12.3. The van der Waals surface area contributed by atoms with Gasteiger partial charge in [0.25, 0.3) is 0 Å². The molecule has 0 atom stereocenters. The van der Waals surface area contributed by atoms with Crippen LogP contribution in [0.5, 0.6) is 0 Å². The smallest absolute Gasteiger partial charge is 0.307 e. The van der Waals surface area contributed by atoms with Gasteiger partial charge < -0.3 is 5.11 Å². The predicted molar refractivity (Wildman–Crippen MR) is 90.4 cm³/mol. The predicted octanol–water partition coefficient (Wildman–Crippen LogP) is 3.47. The van der Waals surface area contributed by atoms with Gasteiger partial charge in [0, 0.05) is 6.54 Å². The molecule has 0 saturated heterocycles. The molecule has 0 aromatic carbocycles. The second-order valence-electron chi connectivity index (χ2n) is 5.55. The van der Waals surface area contributed by atoms with Gasteiger partial charge in [-0.15, -0.1) is 0 Å². The standard InChI is InChI=1S/C16H31NO4S/c1-2-3-4-11-14-17-22(20,21)15-12-9-7-5-6-8-10-13-16(18)19/h8,10,17H,2-7,9,11-15H2,1H3,(H,18,19)/b10-8+. The highest BCUT2D eigenvalue weighted by atomic mass is 32.2. The number of aliphatic carboxylic acids is 1. The SMILES string of the molecule is CCCCCCNS(=O)(=O)CCCCCC/C=C/CC(=O)O. The van der Waals surface area contributed by atoms with Crippen molar-refractivity contribution in [3.8, 4) is 0 Å². The molecule has 0 aliphatic heterocycles. The average molecular weight is 333 g/mol. The number of rotatable bonds is 15. The van der Waals surface area contributed by atoms with Gasteiger partial charge in [0.2, 0.25) is 10.0 Å². The number of nitrogens with one attached hydrogen (secondary N) is 1. The first-order valence-electron chi connectivity index (χ1n) is 8.32. The van der Waals surface area contributed by atoms with E-state index in [1.165, 1.54) is 0 Å². The molecule has 0 bridgehead atoms. The van der Waals surface area contributed by atoms with Gasteiger partial charge >= 0.3 is 5.97 Å². The van der Waals surface area contributed by atoms with Crippen LogP contribution in [0.3, 0.4) is 0 Å². The number of hydrogen-bond acceptors (Lipinski definition) is 3. The lowest BCUT2D eigenvalue weighted by Gasteiger charge is -2.06. The van der Waals surface area contributed by atoms with Crippen LogP contribution in [-0.2, 0) is 14.8 Å². The largest absolute Gasteiger partial charge is 0.481 e. The molecule has 0 aliphatic rings. The fourth-order valence-corrected chi connectivity index (χ4v) is 3.25. The molecule has 22 heavy (non-hydrogen) atoms. The molecule has 0 amide bonds. The topological polar surface area (TPSA) is 83.5 Å². The summed E-state index contributed by atoms with van der Waals surface area (Å²) in [6, 6.07) is 0. The van der Waals surface area contributed by atoms with Crippen LogP contribution in [0.15, 0.2) is 12.2 Å². The van der Waals surface area contributed by atoms with Gasteiger partial charge in [-0.2, -0.15) is 0 Å². The molecule has 0 unspecified atom stereocenters. The van der Waals surface area contributed by atoms with E-state index in [2.05, 4.69) is 11.6 Å². The first-order valence-corrected chi connectivity index (χ1v) is 9.97. The Bertz CT molecular complexity index is 404. The third kappa shape index (κ3) is 15.5. The Labute approximate surface area is 135 Å². The summed E-state index contributed by atoms with van der Waals surface area (Å²) >= 11 is 0. The third-order valence-corrected chi connectivity index (χ3v) is 4.82. The minimum absolute atomic E-state index is 0.0716. The van der Waals surface area contributed by atoms with Crippen LogP contribution < -0.4 is 4.72 Å². The monoisotopic (exact) mass is 333 g/mol. The first-order chi connectivity index (χ1) is 10.5. The quantitative estimate of drug-likeness (QED) is 0.355. The Balaban J connectivity index is 3.48. The highest BCUT2D eigenvalue weighted by molar-refractivity contribution is 7.89. The second-order valence-corrected chi connectivity index (χ2v) is 7.47. The minimum Gasteiger partial charge on any atom is -0.481 e. The molecule has 6 heteroatoms. The van der Waals surface area contributed by atoms with Crippen LogP contribution in [0.1, 0.15) is 71.1 Å². The van der Waals surface area contributed by atoms with E-state index in [0.717, 1.165) is 51.4 Å². The van der Waals surface area contributed by atoms with Crippen molar-refractivity contribution in [1.29, 1.82) is 0 Å². The lowest BCUT2D eigenvalue weighted by molar-refractivity contribution is -0.136. The summed E-state index contributed by atoms with van der Waals surface area (Å²) in [4.78, 5) is 10.3. The zero-order valence-corrected chi connectivity index (χ0v) is 14.5. The van der Waals surface area contributed by atoms with Crippen molar-refractivity contribution < 1.29 is 18.3 Å². The zero-order valence-electron chi connectivity index (χ0n) is 13.7. The van der Waals surface area contributed by atoms with Gasteiger partial charge in [-0.25, -0.2) is 13.1 Å². The highest BCUT2D eigenvalue weighted by Crippen LogP contribution is 2.06. The molecular weight excluding hydrogens is 302 g/mol. The van der Waals surface area contributed by atoms with E-state index in [1.54, 1.807) is 6.08 Å². The van der Waals surface area contributed by atoms with Crippen molar-refractivity contribution in [2.45, 2.75) is 71.1 Å². The van der Waals surface area contributed by atoms with Crippen LogP contribution in [0.25, 0.3) is 0 Å².